The van der Waals surface area contributed by atoms with E-state index >= 15 is 0 Å². The van der Waals surface area contributed by atoms with Gasteiger partial charge in [0, 0.05) is 19.0 Å². The topological polar surface area (TPSA) is 56.2 Å². The smallest absolute Gasteiger partial charge is 0.405 e. The van der Waals surface area contributed by atoms with E-state index in [0.29, 0.717) is 19.0 Å². The zero-order valence-electron chi connectivity index (χ0n) is 8.75. The lowest BCUT2D eigenvalue weighted by Crippen LogP contribution is -2.34. The van der Waals surface area contributed by atoms with E-state index < -0.39 is 18.6 Å². The number of nitrogens with one attached hydrogen (secondary N) is 1. The fourth-order valence-electron chi connectivity index (χ4n) is 1.45. The molecule has 2 heterocycles. The van der Waals surface area contributed by atoms with Gasteiger partial charge in [0.05, 0.1) is 6.61 Å². The van der Waals surface area contributed by atoms with Crippen LogP contribution in [0.5, 0.6) is 5.88 Å². The molecule has 8 heteroatoms. The number of carbonyl (C=O) groups is 1. The van der Waals surface area contributed by atoms with Crippen LogP contribution in [0.3, 0.4) is 0 Å². The number of hydrogen-bond acceptors (Lipinski definition) is 3. The van der Waals surface area contributed by atoms with Crippen LogP contribution in [-0.2, 0) is 6.54 Å². The van der Waals surface area contributed by atoms with E-state index in [4.69, 9.17) is 4.74 Å². The molecule has 0 aromatic carbocycles. The Morgan fingerprint density at radius 1 is 1.59 bits per heavy atom. The number of carbonyl (C=O) groups excluding carboxylic acids is 1. The van der Waals surface area contributed by atoms with Gasteiger partial charge in [-0.2, -0.15) is 18.3 Å². The normalized spacial score (nSPS) is 15.0. The monoisotopic (exact) mass is 249 g/mol. The number of fused-ring (bicyclic) bond motifs is 1. The van der Waals surface area contributed by atoms with Crippen LogP contribution in [0.4, 0.5) is 13.2 Å². The zero-order valence-corrected chi connectivity index (χ0v) is 8.75. The van der Waals surface area contributed by atoms with E-state index in [2.05, 4.69) is 5.10 Å². The third-order valence-electron chi connectivity index (χ3n) is 2.19. The van der Waals surface area contributed by atoms with Gasteiger partial charge in [-0.15, -0.1) is 0 Å². The second kappa shape index (κ2) is 4.27. The molecule has 94 valence electrons. The standard InChI is InChI=1S/C9H10F3N3O2/c10-9(11,12)5-13-8(16)6-4-7-15(14-6)2-1-3-17-7/h4H,1-3,5H2,(H,13,16). The first kappa shape index (κ1) is 11.7. The SMILES string of the molecule is O=C(NCC(F)(F)F)c1cc2n(n1)CCCO2. The lowest BCUT2D eigenvalue weighted by atomic mass is 10.4. The first-order valence-corrected chi connectivity index (χ1v) is 5.01. The Hall–Kier alpha value is -1.73. The molecule has 0 aliphatic carbocycles. The van der Waals surface area contributed by atoms with E-state index in [-0.39, 0.29) is 5.69 Å². The van der Waals surface area contributed by atoms with Gasteiger partial charge in [0.2, 0.25) is 5.88 Å². The van der Waals surface area contributed by atoms with Crippen molar-refractivity contribution < 1.29 is 22.7 Å². The van der Waals surface area contributed by atoms with Crippen molar-refractivity contribution in [3.05, 3.63) is 11.8 Å². The van der Waals surface area contributed by atoms with Crippen LogP contribution in [0.2, 0.25) is 0 Å². The molecule has 0 spiro atoms. The Bertz CT molecular complexity index is 404. The predicted octanol–water partition coefficient (Wildman–Crippen LogP) is 0.958. The number of aryl methyl sites for hydroxylation is 1. The number of nitrogens with zero attached hydrogens (tertiary/aromatic N) is 2. The molecule has 5 nitrogen and oxygen atoms in total. The molecule has 1 aliphatic rings. The Kier molecular flexibility index (Phi) is 2.95. The summed E-state index contributed by atoms with van der Waals surface area (Å²) in [5.41, 5.74) is -0.0637. The van der Waals surface area contributed by atoms with Gasteiger partial charge in [0.1, 0.15) is 6.54 Å². The zero-order chi connectivity index (χ0) is 12.5. The molecule has 0 saturated heterocycles. The minimum atomic E-state index is -4.43. The molecule has 2 rings (SSSR count). The molecule has 1 N–H and O–H groups in total. The van der Waals surface area contributed by atoms with Crippen LogP contribution in [0, 0.1) is 0 Å². The second-order valence-electron chi connectivity index (χ2n) is 3.59. The summed E-state index contributed by atoms with van der Waals surface area (Å²) in [6.45, 7) is -0.244. The van der Waals surface area contributed by atoms with Crippen molar-refractivity contribution in [2.75, 3.05) is 13.2 Å². The molecular formula is C9H10F3N3O2. The van der Waals surface area contributed by atoms with Crippen LogP contribution in [0.15, 0.2) is 6.07 Å². The van der Waals surface area contributed by atoms with Crippen molar-refractivity contribution in [1.82, 2.24) is 15.1 Å². The molecule has 0 radical (unpaired) electrons. The lowest BCUT2D eigenvalue weighted by molar-refractivity contribution is -0.123. The molecule has 0 saturated carbocycles. The van der Waals surface area contributed by atoms with E-state index in [9.17, 15) is 18.0 Å². The number of rotatable bonds is 2. The largest absolute Gasteiger partial charge is 0.478 e. The van der Waals surface area contributed by atoms with Gasteiger partial charge in [-0.25, -0.2) is 4.68 Å². The van der Waals surface area contributed by atoms with Crippen molar-refractivity contribution in [1.29, 1.82) is 0 Å². The number of alkyl halides is 3. The van der Waals surface area contributed by atoms with E-state index in [0.717, 1.165) is 6.42 Å². The average molecular weight is 249 g/mol. The van der Waals surface area contributed by atoms with E-state index in [1.54, 1.807) is 5.32 Å². The summed E-state index contributed by atoms with van der Waals surface area (Å²) in [6, 6.07) is 1.34. The van der Waals surface area contributed by atoms with Crippen LogP contribution >= 0.6 is 0 Å². The molecule has 1 aromatic rings. The van der Waals surface area contributed by atoms with E-state index in [1.165, 1.54) is 10.7 Å². The maximum atomic E-state index is 11.9. The highest BCUT2D eigenvalue weighted by molar-refractivity contribution is 5.92. The first-order valence-electron chi connectivity index (χ1n) is 5.01. The summed E-state index contributed by atoms with van der Waals surface area (Å²) in [5.74, 6) is -0.443. The summed E-state index contributed by atoms with van der Waals surface area (Å²) < 4.78 is 42.3. The van der Waals surface area contributed by atoms with Crippen molar-refractivity contribution in [3.63, 3.8) is 0 Å². The maximum Gasteiger partial charge on any atom is 0.405 e. The van der Waals surface area contributed by atoms with Crippen LogP contribution in [-0.4, -0.2) is 35.0 Å². The van der Waals surface area contributed by atoms with Gasteiger partial charge in [0.15, 0.2) is 5.69 Å². The molecular weight excluding hydrogens is 239 g/mol. The Morgan fingerprint density at radius 3 is 3.00 bits per heavy atom. The van der Waals surface area contributed by atoms with Gasteiger partial charge in [-0.3, -0.25) is 4.79 Å². The van der Waals surface area contributed by atoms with Crippen molar-refractivity contribution in [2.45, 2.75) is 19.1 Å². The Morgan fingerprint density at radius 2 is 2.35 bits per heavy atom. The number of ether oxygens (including phenoxy) is 1. The highest BCUT2D eigenvalue weighted by atomic mass is 19.4. The minimum absolute atomic E-state index is 0.0637. The number of hydrogen-bond donors (Lipinski definition) is 1. The molecule has 0 unspecified atom stereocenters. The molecule has 0 fully saturated rings. The molecule has 1 amide bonds. The van der Waals surface area contributed by atoms with Gasteiger partial charge in [-0.1, -0.05) is 0 Å². The average Bonchev–Trinajstić information content (AvgIpc) is 2.68. The summed E-state index contributed by atoms with van der Waals surface area (Å²) in [4.78, 5) is 11.4. The summed E-state index contributed by atoms with van der Waals surface area (Å²) in [6.07, 6.45) is -3.66. The Balaban J connectivity index is 2.02. The molecule has 0 atom stereocenters. The maximum absolute atomic E-state index is 11.9. The first-order chi connectivity index (χ1) is 7.96. The fraction of sp³-hybridized carbons (Fsp3) is 0.556. The number of aromatic nitrogens is 2. The second-order valence-corrected chi connectivity index (χ2v) is 3.59. The third-order valence-corrected chi connectivity index (χ3v) is 2.19. The summed E-state index contributed by atoms with van der Waals surface area (Å²) >= 11 is 0. The fourth-order valence-corrected chi connectivity index (χ4v) is 1.45. The number of amides is 1. The van der Waals surface area contributed by atoms with Gasteiger partial charge in [0.25, 0.3) is 5.91 Å². The van der Waals surface area contributed by atoms with Crippen LogP contribution in [0.1, 0.15) is 16.9 Å². The van der Waals surface area contributed by atoms with Crippen LogP contribution < -0.4 is 10.1 Å². The Labute approximate surface area is 94.5 Å². The quantitative estimate of drug-likeness (QED) is 0.849. The van der Waals surface area contributed by atoms with Gasteiger partial charge < -0.3 is 10.1 Å². The van der Waals surface area contributed by atoms with Gasteiger partial charge >= 0.3 is 6.18 Å². The van der Waals surface area contributed by atoms with Crippen molar-refractivity contribution >= 4 is 5.91 Å². The molecule has 1 aromatic heterocycles. The highest BCUT2D eigenvalue weighted by Crippen LogP contribution is 2.18. The minimum Gasteiger partial charge on any atom is -0.478 e. The third kappa shape index (κ3) is 2.89. The summed E-state index contributed by atoms with van der Waals surface area (Å²) in [7, 11) is 0. The molecule has 0 bridgehead atoms. The summed E-state index contributed by atoms with van der Waals surface area (Å²) in [5, 5.41) is 5.62. The van der Waals surface area contributed by atoms with Crippen molar-refractivity contribution in [3.8, 4) is 5.88 Å². The van der Waals surface area contributed by atoms with Crippen LogP contribution in [0.25, 0.3) is 0 Å². The van der Waals surface area contributed by atoms with Crippen molar-refractivity contribution in [2.24, 2.45) is 0 Å². The predicted molar refractivity (Wildman–Crippen MR) is 50.7 cm³/mol. The molecule has 1 aliphatic heterocycles. The highest BCUT2D eigenvalue weighted by Gasteiger charge is 2.28. The molecule has 17 heavy (non-hydrogen) atoms. The van der Waals surface area contributed by atoms with E-state index in [1.807, 2.05) is 0 Å². The lowest BCUT2D eigenvalue weighted by Gasteiger charge is -2.13. The van der Waals surface area contributed by atoms with Gasteiger partial charge in [-0.05, 0) is 0 Å². The number of halogens is 3.